The Bertz CT molecular complexity index is 610. The van der Waals surface area contributed by atoms with Crippen molar-refractivity contribution in [1.29, 1.82) is 0 Å². The summed E-state index contributed by atoms with van der Waals surface area (Å²) in [5.74, 6) is -0.931. The van der Waals surface area contributed by atoms with Crippen molar-refractivity contribution in [1.82, 2.24) is 0 Å². The molecule has 0 atom stereocenters. The third kappa shape index (κ3) is 3.46. The predicted octanol–water partition coefficient (Wildman–Crippen LogP) is 4.49. The van der Waals surface area contributed by atoms with Crippen LogP contribution in [-0.2, 0) is 4.79 Å². The molecule has 0 aliphatic carbocycles. The molecule has 2 nitrogen and oxygen atoms in total. The minimum Gasteiger partial charge on any atom is -0.478 e. The Morgan fingerprint density at radius 3 is 1.95 bits per heavy atom. The third-order valence-corrected chi connectivity index (χ3v) is 3.11. The van der Waals surface area contributed by atoms with Gasteiger partial charge in [-0.2, -0.15) is 0 Å². The minimum absolute atomic E-state index is 0.709. The first kappa shape index (κ1) is 13.4. The van der Waals surface area contributed by atoms with Crippen LogP contribution in [-0.4, -0.2) is 11.1 Å². The molecule has 0 aliphatic rings. The number of allylic oxidation sites excluding steroid dienone is 1. The average molecular weight is 273 g/mol. The zero-order valence-corrected chi connectivity index (χ0v) is 11.2. The highest BCUT2D eigenvalue weighted by molar-refractivity contribution is 6.30. The SMILES string of the molecule is C/C(=C\C(=O)O)c1ccc(-c2ccc(Cl)cc2)cc1. The van der Waals surface area contributed by atoms with E-state index >= 15 is 0 Å². The summed E-state index contributed by atoms with van der Waals surface area (Å²) in [5, 5.41) is 9.42. The van der Waals surface area contributed by atoms with Crippen LogP contribution in [0.15, 0.2) is 54.6 Å². The molecule has 0 amide bonds. The van der Waals surface area contributed by atoms with Gasteiger partial charge in [0.15, 0.2) is 0 Å². The van der Waals surface area contributed by atoms with E-state index in [0.717, 1.165) is 22.3 Å². The predicted molar refractivity (Wildman–Crippen MR) is 78.2 cm³/mol. The topological polar surface area (TPSA) is 37.3 Å². The molecule has 0 fully saturated rings. The average Bonchev–Trinajstić information content (AvgIpc) is 2.39. The van der Waals surface area contributed by atoms with E-state index in [0.29, 0.717) is 5.02 Å². The molecule has 0 aliphatic heterocycles. The molecule has 0 saturated carbocycles. The number of carboxylic acid groups (broad SMARTS) is 1. The van der Waals surface area contributed by atoms with E-state index in [1.165, 1.54) is 6.08 Å². The molecular formula is C16H13ClO2. The quantitative estimate of drug-likeness (QED) is 0.836. The monoisotopic (exact) mass is 272 g/mol. The van der Waals surface area contributed by atoms with Crippen molar-refractivity contribution in [3.8, 4) is 11.1 Å². The Labute approximate surface area is 117 Å². The molecule has 2 aromatic rings. The Morgan fingerprint density at radius 1 is 1.00 bits per heavy atom. The maximum Gasteiger partial charge on any atom is 0.328 e. The van der Waals surface area contributed by atoms with E-state index in [4.69, 9.17) is 16.7 Å². The summed E-state index contributed by atoms with van der Waals surface area (Å²) in [7, 11) is 0. The molecule has 3 heteroatoms. The summed E-state index contributed by atoms with van der Waals surface area (Å²) in [6, 6.07) is 15.4. The van der Waals surface area contributed by atoms with E-state index in [9.17, 15) is 4.79 Å². The van der Waals surface area contributed by atoms with Crippen LogP contribution in [0.5, 0.6) is 0 Å². The number of aliphatic carboxylic acids is 1. The van der Waals surface area contributed by atoms with Crippen molar-refractivity contribution < 1.29 is 9.90 Å². The number of carbonyl (C=O) groups is 1. The van der Waals surface area contributed by atoms with Crippen molar-refractivity contribution in [2.75, 3.05) is 0 Å². The number of rotatable bonds is 3. The second-order valence-electron chi connectivity index (χ2n) is 4.25. The van der Waals surface area contributed by atoms with Gasteiger partial charge in [-0.05, 0) is 41.3 Å². The van der Waals surface area contributed by atoms with Crippen LogP contribution in [0.25, 0.3) is 16.7 Å². The summed E-state index contributed by atoms with van der Waals surface area (Å²) in [5.41, 5.74) is 3.79. The molecule has 19 heavy (non-hydrogen) atoms. The summed E-state index contributed by atoms with van der Waals surface area (Å²) in [6.07, 6.45) is 1.21. The standard InChI is InChI=1S/C16H13ClO2/c1-11(10-16(18)19)12-2-4-13(5-3-12)14-6-8-15(17)9-7-14/h2-10H,1H3,(H,18,19)/b11-10+. The van der Waals surface area contributed by atoms with Crippen LogP contribution in [0.1, 0.15) is 12.5 Å². The molecule has 0 saturated heterocycles. The molecule has 0 unspecified atom stereocenters. The first-order valence-corrected chi connectivity index (χ1v) is 6.21. The fraction of sp³-hybridized carbons (Fsp3) is 0.0625. The lowest BCUT2D eigenvalue weighted by Crippen LogP contribution is -1.90. The van der Waals surface area contributed by atoms with Gasteiger partial charge in [-0.25, -0.2) is 4.79 Å². The summed E-state index contributed by atoms with van der Waals surface area (Å²) in [6.45, 7) is 1.78. The molecule has 0 heterocycles. The van der Waals surface area contributed by atoms with E-state index < -0.39 is 5.97 Å². The van der Waals surface area contributed by atoms with Crippen molar-refractivity contribution >= 4 is 23.1 Å². The fourth-order valence-corrected chi connectivity index (χ4v) is 1.96. The Kier molecular flexibility index (Phi) is 4.03. The molecule has 2 aromatic carbocycles. The van der Waals surface area contributed by atoms with Gasteiger partial charge in [-0.1, -0.05) is 48.0 Å². The maximum atomic E-state index is 10.6. The van der Waals surface area contributed by atoms with Crippen LogP contribution in [0, 0.1) is 0 Å². The lowest BCUT2D eigenvalue weighted by molar-refractivity contribution is -0.131. The van der Waals surface area contributed by atoms with E-state index in [1.54, 1.807) is 6.92 Å². The second kappa shape index (κ2) is 5.72. The Hall–Kier alpha value is -2.06. The van der Waals surface area contributed by atoms with Gasteiger partial charge in [-0.3, -0.25) is 0 Å². The highest BCUT2D eigenvalue weighted by atomic mass is 35.5. The number of benzene rings is 2. The van der Waals surface area contributed by atoms with E-state index in [2.05, 4.69) is 0 Å². The zero-order valence-electron chi connectivity index (χ0n) is 10.4. The Morgan fingerprint density at radius 2 is 1.47 bits per heavy atom. The van der Waals surface area contributed by atoms with E-state index in [-0.39, 0.29) is 0 Å². The number of hydrogen-bond donors (Lipinski definition) is 1. The van der Waals surface area contributed by atoms with Crippen molar-refractivity contribution in [2.45, 2.75) is 6.92 Å². The lowest BCUT2D eigenvalue weighted by atomic mass is 10.0. The zero-order chi connectivity index (χ0) is 13.8. The van der Waals surface area contributed by atoms with Crippen molar-refractivity contribution in [3.63, 3.8) is 0 Å². The molecule has 0 aromatic heterocycles. The van der Waals surface area contributed by atoms with Crippen LogP contribution in [0.2, 0.25) is 5.02 Å². The van der Waals surface area contributed by atoms with Crippen LogP contribution < -0.4 is 0 Å². The molecule has 0 bridgehead atoms. The smallest absolute Gasteiger partial charge is 0.328 e. The van der Waals surface area contributed by atoms with Crippen molar-refractivity contribution in [2.24, 2.45) is 0 Å². The van der Waals surface area contributed by atoms with Gasteiger partial charge in [0.25, 0.3) is 0 Å². The van der Waals surface area contributed by atoms with Gasteiger partial charge in [0.2, 0.25) is 0 Å². The lowest BCUT2D eigenvalue weighted by Gasteiger charge is -2.05. The molecule has 0 spiro atoms. The first-order valence-electron chi connectivity index (χ1n) is 5.84. The van der Waals surface area contributed by atoms with Crippen LogP contribution in [0.4, 0.5) is 0 Å². The van der Waals surface area contributed by atoms with Gasteiger partial charge in [-0.15, -0.1) is 0 Å². The first-order chi connectivity index (χ1) is 9.06. The Balaban J connectivity index is 2.28. The van der Waals surface area contributed by atoms with E-state index in [1.807, 2.05) is 48.5 Å². The molecule has 2 rings (SSSR count). The largest absolute Gasteiger partial charge is 0.478 e. The van der Waals surface area contributed by atoms with Crippen LogP contribution in [0.3, 0.4) is 0 Å². The number of carboxylic acids is 1. The summed E-state index contributed by atoms with van der Waals surface area (Å²) >= 11 is 5.85. The van der Waals surface area contributed by atoms with Gasteiger partial charge >= 0.3 is 5.97 Å². The second-order valence-corrected chi connectivity index (χ2v) is 4.69. The molecule has 96 valence electrons. The number of halogens is 1. The normalized spacial score (nSPS) is 11.4. The van der Waals surface area contributed by atoms with Gasteiger partial charge in [0.05, 0.1) is 0 Å². The highest BCUT2D eigenvalue weighted by Crippen LogP contribution is 2.23. The maximum absolute atomic E-state index is 10.6. The van der Waals surface area contributed by atoms with Crippen molar-refractivity contribution in [3.05, 3.63) is 65.2 Å². The van der Waals surface area contributed by atoms with Gasteiger partial charge < -0.3 is 5.11 Å². The van der Waals surface area contributed by atoms with Gasteiger partial charge in [0.1, 0.15) is 0 Å². The third-order valence-electron chi connectivity index (χ3n) is 2.86. The highest BCUT2D eigenvalue weighted by Gasteiger charge is 2.01. The minimum atomic E-state index is -0.931. The fourth-order valence-electron chi connectivity index (χ4n) is 1.84. The van der Waals surface area contributed by atoms with Gasteiger partial charge in [0, 0.05) is 11.1 Å². The molecule has 0 radical (unpaired) electrons. The number of hydrogen-bond acceptors (Lipinski definition) is 1. The molecule has 1 N–H and O–H groups in total. The molecular weight excluding hydrogens is 260 g/mol. The summed E-state index contributed by atoms with van der Waals surface area (Å²) in [4.78, 5) is 10.6. The summed E-state index contributed by atoms with van der Waals surface area (Å²) < 4.78 is 0. The van der Waals surface area contributed by atoms with Crippen LogP contribution >= 0.6 is 11.6 Å².